The summed E-state index contributed by atoms with van der Waals surface area (Å²) in [5, 5.41) is 16.1. The van der Waals surface area contributed by atoms with Gasteiger partial charge in [-0.1, -0.05) is 26.7 Å². The van der Waals surface area contributed by atoms with Crippen LogP contribution in [0.5, 0.6) is 0 Å². The van der Waals surface area contributed by atoms with Crippen LogP contribution < -0.4 is 24.8 Å². The number of halogens is 2. The second-order valence-electron chi connectivity index (χ2n) is 2.15. The molecule has 0 fully saturated rings. The molecule has 0 aromatic rings. The standard InChI is InChI=1S/2C4H10O.2ClH.Hf/c2*1-2-3-4-5;;;/h2*5H,2-4H2,1H3;2*1H;/p-2. The van der Waals surface area contributed by atoms with Gasteiger partial charge in [-0.3, -0.25) is 0 Å². The molecular formula is C8H20Cl2HfO2-2. The smallest absolute Gasteiger partial charge is 0.0430 e. The van der Waals surface area contributed by atoms with Gasteiger partial charge >= 0.3 is 0 Å². The quantitative estimate of drug-likeness (QED) is 0.470. The van der Waals surface area contributed by atoms with Crippen LogP contribution in [0.25, 0.3) is 0 Å². The zero-order valence-corrected chi connectivity index (χ0v) is 13.5. The molecule has 5 heteroatoms. The van der Waals surface area contributed by atoms with E-state index < -0.39 is 0 Å². The number of aliphatic hydroxyl groups is 2. The van der Waals surface area contributed by atoms with Crippen LogP contribution in [0, 0.1) is 0 Å². The fourth-order valence-corrected chi connectivity index (χ4v) is 0.316. The molecule has 0 rings (SSSR count). The first-order valence-corrected chi connectivity index (χ1v) is 4.05. The third kappa shape index (κ3) is 59.9. The summed E-state index contributed by atoms with van der Waals surface area (Å²) >= 11 is 0. The molecule has 0 spiro atoms. The van der Waals surface area contributed by atoms with E-state index in [1.165, 1.54) is 0 Å². The Morgan fingerprint density at radius 1 is 0.769 bits per heavy atom. The minimum Gasteiger partial charge on any atom is -1.00 e. The molecule has 0 bridgehead atoms. The van der Waals surface area contributed by atoms with Crippen LogP contribution in [0.1, 0.15) is 39.5 Å². The first-order chi connectivity index (χ1) is 4.83. The zero-order valence-electron chi connectivity index (χ0n) is 8.39. The van der Waals surface area contributed by atoms with Gasteiger partial charge in [-0.2, -0.15) is 0 Å². The predicted molar refractivity (Wildman–Crippen MR) is 44.0 cm³/mol. The van der Waals surface area contributed by atoms with E-state index in [4.69, 9.17) is 10.2 Å². The van der Waals surface area contributed by atoms with Gasteiger partial charge in [0.1, 0.15) is 0 Å². The monoisotopic (exact) mass is 398 g/mol. The summed E-state index contributed by atoms with van der Waals surface area (Å²) in [5.41, 5.74) is 0. The van der Waals surface area contributed by atoms with Gasteiger partial charge in [0.2, 0.25) is 0 Å². The van der Waals surface area contributed by atoms with Gasteiger partial charge in [-0.25, -0.2) is 0 Å². The van der Waals surface area contributed by atoms with E-state index in [0.29, 0.717) is 13.2 Å². The van der Waals surface area contributed by atoms with Crippen molar-refractivity contribution in [1.29, 1.82) is 0 Å². The minimum absolute atomic E-state index is 0. The second-order valence-corrected chi connectivity index (χ2v) is 2.15. The molecule has 0 aliphatic carbocycles. The third-order valence-corrected chi connectivity index (χ3v) is 1.02. The Morgan fingerprint density at radius 3 is 1.00 bits per heavy atom. The molecule has 0 amide bonds. The molecular weight excluding hydrogens is 377 g/mol. The van der Waals surface area contributed by atoms with Crippen LogP contribution >= 0.6 is 0 Å². The van der Waals surface area contributed by atoms with Crippen molar-refractivity contribution in [1.82, 2.24) is 0 Å². The van der Waals surface area contributed by atoms with Gasteiger partial charge in [0.05, 0.1) is 0 Å². The Morgan fingerprint density at radius 2 is 1.00 bits per heavy atom. The van der Waals surface area contributed by atoms with Gasteiger partial charge in [0.15, 0.2) is 0 Å². The van der Waals surface area contributed by atoms with E-state index in [2.05, 4.69) is 13.8 Å². The molecule has 84 valence electrons. The summed E-state index contributed by atoms with van der Waals surface area (Å²) in [5.74, 6) is 0. The van der Waals surface area contributed by atoms with Crippen LogP contribution in [-0.4, -0.2) is 23.4 Å². The second kappa shape index (κ2) is 37.7. The summed E-state index contributed by atoms with van der Waals surface area (Å²) in [6.45, 7) is 4.79. The first kappa shape index (κ1) is 29.3. The van der Waals surface area contributed by atoms with Crippen molar-refractivity contribution < 1.29 is 60.9 Å². The van der Waals surface area contributed by atoms with Crippen LogP contribution in [-0.2, 0) is 25.8 Å². The average molecular weight is 398 g/mol. The Bertz CT molecular complexity index is 41.1. The summed E-state index contributed by atoms with van der Waals surface area (Å²) < 4.78 is 0. The van der Waals surface area contributed by atoms with Gasteiger partial charge in [0, 0.05) is 39.1 Å². The van der Waals surface area contributed by atoms with Gasteiger partial charge in [-0.05, 0) is 12.8 Å². The van der Waals surface area contributed by atoms with E-state index >= 15 is 0 Å². The maximum atomic E-state index is 8.07. The molecule has 0 aliphatic heterocycles. The van der Waals surface area contributed by atoms with Crippen LogP contribution in [0.4, 0.5) is 0 Å². The number of rotatable bonds is 4. The van der Waals surface area contributed by atoms with Crippen LogP contribution in [0.3, 0.4) is 0 Å². The van der Waals surface area contributed by atoms with E-state index in [1.54, 1.807) is 0 Å². The maximum Gasteiger partial charge on any atom is 0.0430 e. The molecule has 0 aliphatic rings. The number of hydrogen-bond acceptors (Lipinski definition) is 2. The number of hydrogen-bond donors (Lipinski definition) is 2. The molecule has 13 heavy (non-hydrogen) atoms. The molecule has 2 nitrogen and oxygen atoms in total. The Kier molecular flexibility index (Phi) is 84.8. The van der Waals surface area contributed by atoms with Crippen molar-refractivity contribution >= 4 is 0 Å². The van der Waals surface area contributed by atoms with Crippen molar-refractivity contribution in [3.8, 4) is 0 Å². The SMILES string of the molecule is CCCCO.CCCCO.[Cl-].[Cl-].[Hf]. The van der Waals surface area contributed by atoms with Crippen LogP contribution in [0.15, 0.2) is 0 Å². The van der Waals surface area contributed by atoms with Crippen molar-refractivity contribution in [2.24, 2.45) is 0 Å². The van der Waals surface area contributed by atoms with Crippen molar-refractivity contribution in [3.05, 3.63) is 0 Å². The summed E-state index contributed by atoms with van der Waals surface area (Å²) in [4.78, 5) is 0. The maximum absolute atomic E-state index is 8.07. The average Bonchev–Trinajstić information content (AvgIpc) is 1.93. The number of unbranched alkanes of at least 4 members (excludes halogenated alkanes) is 2. The van der Waals surface area contributed by atoms with E-state index in [0.717, 1.165) is 25.7 Å². The first-order valence-electron chi connectivity index (χ1n) is 4.05. The van der Waals surface area contributed by atoms with Crippen molar-refractivity contribution in [3.63, 3.8) is 0 Å². The van der Waals surface area contributed by atoms with Crippen molar-refractivity contribution in [2.75, 3.05) is 13.2 Å². The van der Waals surface area contributed by atoms with Crippen molar-refractivity contribution in [2.45, 2.75) is 39.5 Å². The molecule has 0 aromatic carbocycles. The fraction of sp³-hybridized carbons (Fsp3) is 1.00. The van der Waals surface area contributed by atoms with Gasteiger partial charge < -0.3 is 35.0 Å². The van der Waals surface area contributed by atoms with Crippen LogP contribution in [0.2, 0.25) is 0 Å². The Hall–Kier alpha value is 1.37. The number of aliphatic hydroxyl groups excluding tert-OH is 2. The third-order valence-electron chi connectivity index (χ3n) is 1.02. The topological polar surface area (TPSA) is 40.5 Å². The Balaban J connectivity index is -0.0000000267. The minimum atomic E-state index is 0. The molecule has 0 heterocycles. The molecule has 0 unspecified atom stereocenters. The summed E-state index contributed by atoms with van der Waals surface area (Å²) in [6.07, 6.45) is 4.08. The summed E-state index contributed by atoms with van der Waals surface area (Å²) in [7, 11) is 0. The largest absolute Gasteiger partial charge is 1.00 e. The molecule has 2 N–H and O–H groups in total. The molecule has 0 saturated heterocycles. The molecule has 0 saturated carbocycles. The molecule has 0 atom stereocenters. The van der Waals surface area contributed by atoms with E-state index in [1.807, 2.05) is 0 Å². The normalized spacial score (nSPS) is 6.46. The Labute approximate surface area is 113 Å². The summed E-state index contributed by atoms with van der Waals surface area (Å²) in [6, 6.07) is 0. The fourth-order valence-electron chi connectivity index (χ4n) is 0.316. The van der Waals surface area contributed by atoms with Gasteiger partial charge in [0.25, 0.3) is 0 Å². The van der Waals surface area contributed by atoms with Gasteiger partial charge in [-0.15, -0.1) is 0 Å². The molecule has 0 aromatic heterocycles. The zero-order chi connectivity index (χ0) is 8.24. The molecule has 0 radical (unpaired) electrons. The van der Waals surface area contributed by atoms with E-state index in [-0.39, 0.29) is 50.7 Å². The van der Waals surface area contributed by atoms with E-state index in [9.17, 15) is 0 Å². The predicted octanol–water partition coefficient (Wildman–Crippen LogP) is -4.44.